The van der Waals surface area contributed by atoms with Crippen LogP contribution in [0.2, 0.25) is 0 Å². The van der Waals surface area contributed by atoms with Crippen molar-refractivity contribution < 1.29 is 20.4 Å². The van der Waals surface area contributed by atoms with Gasteiger partial charge in [0.2, 0.25) is 0 Å². The standard InChI is InChI=1S/C6H12O4S/c1-2-3(7)4(8)5(9)6(10)11-2/h2-10H,1H3/t2-,3+,4+,5-,6?/m1/s1. The van der Waals surface area contributed by atoms with Gasteiger partial charge in [0.25, 0.3) is 0 Å². The molecule has 1 aliphatic rings. The Balaban J connectivity index is 2.63. The van der Waals surface area contributed by atoms with Gasteiger partial charge in [0.15, 0.2) is 0 Å². The molecule has 0 aromatic heterocycles. The number of rotatable bonds is 0. The largest absolute Gasteiger partial charge is 0.389 e. The molecule has 0 saturated carbocycles. The van der Waals surface area contributed by atoms with Crippen molar-refractivity contribution in [2.24, 2.45) is 0 Å². The Bertz CT molecular complexity index is 129. The van der Waals surface area contributed by atoms with Gasteiger partial charge in [-0.2, -0.15) is 0 Å². The monoisotopic (exact) mass is 180 g/mol. The molecule has 0 bridgehead atoms. The second-order valence-electron chi connectivity index (χ2n) is 2.70. The van der Waals surface area contributed by atoms with Crippen LogP contribution in [0.15, 0.2) is 0 Å². The first-order chi connectivity index (χ1) is 5.04. The average Bonchev–Trinajstić information content (AvgIpc) is 1.97. The van der Waals surface area contributed by atoms with Crippen molar-refractivity contribution in [3.05, 3.63) is 0 Å². The highest BCUT2D eigenvalue weighted by molar-refractivity contribution is 8.00. The van der Waals surface area contributed by atoms with E-state index in [0.717, 1.165) is 11.8 Å². The van der Waals surface area contributed by atoms with Gasteiger partial charge in [0.1, 0.15) is 17.6 Å². The van der Waals surface area contributed by atoms with Crippen LogP contribution in [0.5, 0.6) is 0 Å². The highest BCUT2D eigenvalue weighted by Gasteiger charge is 2.40. The fraction of sp³-hybridized carbons (Fsp3) is 1.00. The summed E-state index contributed by atoms with van der Waals surface area (Å²) in [6.07, 6.45) is -3.44. The number of aliphatic hydroxyl groups excluding tert-OH is 4. The van der Waals surface area contributed by atoms with Crippen molar-refractivity contribution in [1.29, 1.82) is 0 Å². The first-order valence-electron chi connectivity index (χ1n) is 3.41. The summed E-state index contributed by atoms with van der Waals surface area (Å²) in [6, 6.07) is 0. The van der Waals surface area contributed by atoms with Gasteiger partial charge in [-0.25, -0.2) is 0 Å². The summed E-state index contributed by atoms with van der Waals surface area (Å²) < 4.78 is 0. The first kappa shape index (κ1) is 9.28. The lowest BCUT2D eigenvalue weighted by Gasteiger charge is -2.35. The van der Waals surface area contributed by atoms with Crippen LogP contribution >= 0.6 is 11.8 Å². The summed E-state index contributed by atoms with van der Waals surface area (Å²) in [5, 5.41) is 36.2. The van der Waals surface area contributed by atoms with Gasteiger partial charge >= 0.3 is 0 Å². The molecule has 1 saturated heterocycles. The fourth-order valence-electron chi connectivity index (χ4n) is 1.03. The quantitative estimate of drug-likeness (QED) is 0.366. The summed E-state index contributed by atoms with van der Waals surface area (Å²) >= 11 is 1.06. The summed E-state index contributed by atoms with van der Waals surface area (Å²) in [5.74, 6) is 0. The van der Waals surface area contributed by atoms with Gasteiger partial charge in [-0.15, -0.1) is 11.8 Å². The summed E-state index contributed by atoms with van der Waals surface area (Å²) in [4.78, 5) is 0. The molecule has 4 nitrogen and oxygen atoms in total. The lowest BCUT2D eigenvalue weighted by atomic mass is 10.1. The van der Waals surface area contributed by atoms with Crippen molar-refractivity contribution >= 4 is 11.8 Å². The highest BCUT2D eigenvalue weighted by atomic mass is 32.2. The van der Waals surface area contributed by atoms with E-state index < -0.39 is 23.7 Å². The van der Waals surface area contributed by atoms with E-state index in [4.69, 9.17) is 15.3 Å². The smallest absolute Gasteiger partial charge is 0.128 e. The van der Waals surface area contributed by atoms with Crippen molar-refractivity contribution in [2.45, 2.75) is 35.9 Å². The molecule has 4 N–H and O–H groups in total. The molecule has 0 aromatic rings. The average molecular weight is 180 g/mol. The van der Waals surface area contributed by atoms with E-state index >= 15 is 0 Å². The van der Waals surface area contributed by atoms with Crippen LogP contribution in [0.1, 0.15) is 6.92 Å². The Morgan fingerprint density at radius 1 is 0.909 bits per heavy atom. The second-order valence-corrected chi connectivity index (χ2v) is 4.20. The number of hydrogen-bond donors (Lipinski definition) is 4. The molecule has 0 aliphatic carbocycles. The molecule has 0 amide bonds. The van der Waals surface area contributed by atoms with Crippen molar-refractivity contribution in [1.82, 2.24) is 0 Å². The zero-order valence-corrected chi connectivity index (χ0v) is 6.90. The topological polar surface area (TPSA) is 80.9 Å². The minimum atomic E-state index is -1.24. The van der Waals surface area contributed by atoms with Crippen molar-refractivity contribution in [3.8, 4) is 0 Å². The maximum Gasteiger partial charge on any atom is 0.128 e. The predicted molar refractivity (Wildman–Crippen MR) is 41.1 cm³/mol. The molecular weight excluding hydrogens is 168 g/mol. The Hall–Kier alpha value is 0.190. The third kappa shape index (κ3) is 1.68. The molecule has 5 atom stereocenters. The molecule has 11 heavy (non-hydrogen) atoms. The minimum Gasteiger partial charge on any atom is -0.389 e. The van der Waals surface area contributed by atoms with Crippen molar-refractivity contribution in [2.75, 3.05) is 0 Å². The van der Waals surface area contributed by atoms with E-state index in [1.807, 2.05) is 0 Å². The molecule has 1 unspecified atom stereocenters. The van der Waals surface area contributed by atoms with Crippen LogP contribution in [0.3, 0.4) is 0 Å². The van der Waals surface area contributed by atoms with Gasteiger partial charge in [-0.05, 0) is 0 Å². The van der Waals surface area contributed by atoms with Crippen LogP contribution in [0, 0.1) is 0 Å². The molecule has 1 aliphatic heterocycles. The van der Waals surface area contributed by atoms with E-state index in [2.05, 4.69) is 0 Å². The summed E-state index contributed by atoms with van der Waals surface area (Å²) in [7, 11) is 0. The van der Waals surface area contributed by atoms with Crippen LogP contribution in [-0.4, -0.2) is 49.4 Å². The summed E-state index contributed by atoms with van der Waals surface area (Å²) in [6.45, 7) is 1.69. The molecule has 1 heterocycles. The second kappa shape index (κ2) is 3.28. The van der Waals surface area contributed by atoms with Gasteiger partial charge in [0, 0.05) is 5.25 Å². The zero-order chi connectivity index (χ0) is 8.59. The molecule has 66 valence electrons. The third-order valence-electron chi connectivity index (χ3n) is 1.83. The van der Waals surface area contributed by atoms with Crippen LogP contribution in [-0.2, 0) is 0 Å². The molecule has 1 fully saturated rings. The van der Waals surface area contributed by atoms with Gasteiger partial charge in [0.05, 0.1) is 6.10 Å². The van der Waals surface area contributed by atoms with Gasteiger partial charge < -0.3 is 20.4 Å². The van der Waals surface area contributed by atoms with Gasteiger partial charge in [-0.3, -0.25) is 0 Å². The highest BCUT2D eigenvalue weighted by Crippen LogP contribution is 2.30. The minimum absolute atomic E-state index is 0.247. The maximum atomic E-state index is 9.19. The predicted octanol–water partition coefficient (Wildman–Crippen LogP) is -1.48. The molecule has 5 heteroatoms. The SMILES string of the molecule is C[C@H]1SC(O)[C@H](O)[C@@H](O)[C@H]1O. The molecule has 1 rings (SSSR count). The molecular formula is C6H12O4S. The van der Waals surface area contributed by atoms with Crippen LogP contribution < -0.4 is 0 Å². The maximum absolute atomic E-state index is 9.19. The lowest BCUT2D eigenvalue weighted by molar-refractivity contribution is -0.0909. The van der Waals surface area contributed by atoms with E-state index in [1.165, 1.54) is 0 Å². The van der Waals surface area contributed by atoms with E-state index in [1.54, 1.807) is 6.92 Å². The number of aliphatic hydroxyl groups is 4. The van der Waals surface area contributed by atoms with E-state index in [0.29, 0.717) is 0 Å². The summed E-state index contributed by atoms with van der Waals surface area (Å²) in [5.41, 5.74) is -0.997. The Morgan fingerprint density at radius 2 is 1.45 bits per heavy atom. The molecule has 0 spiro atoms. The zero-order valence-electron chi connectivity index (χ0n) is 6.08. The van der Waals surface area contributed by atoms with Crippen LogP contribution in [0.4, 0.5) is 0 Å². The third-order valence-corrected chi connectivity index (χ3v) is 3.09. The number of thioether (sulfide) groups is 1. The van der Waals surface area contributed by atoms with E-state index in [-0.39, 0.29) is 5.25 Å². The fourth-order valence-corrected chi connectivity index (χ4v) is 2.11. The molecule has 0 aromatic carbocycles. The first-order valence-corrected chi connectivity index (χ1v) is 4.36. The Kier molecular flexibility index (Phi) is 2.77. The Labute approximate surface area is 68.9 Å². The Morgan fingerprint density at radius 3 is 2.00 bits per heavy atom. The van der Waals surface area contributed by atoms with E-state index in [9.17, 15) is 5.11 Å². The van der Waals surface area contributed by atoms with Crippen molar-refractivity contribution in [3.63, 3.8) is 0 Å². The van der Waals surface area contributed by atoms with Gasteiger partial charge in [-0.1, -0.05) is 6.92 Å². The number of hydrogen-bond acceptors (Lipinski definition) is 5. The molecule has 0 radical (unpaired) electrons. The normalized spacial score (nSPS) is 52.6. The lowest BCUT2D eigenvalue weighted by Crippen LogP contribution is -2.52. The van der Waals surface area contributed by atoms with Crippen LogP contribution in [0.25, 0.3) is 0 Å².